The molecule has 3 nitrogen and oxygen atoms in total. The quantitative estimate of drug-likeness (QED) is 0.762. The lowest BCUT2D eigenvalue weighted by Gasteiger charge is -2.44. The minimum absolute atomic E-state index is 0.0334. The Morgan fingerprint density at radius 2 is 2.00 bits per heavy atom. The summed E-state index contributed by atoms with van der Waals surface area (Å²) >= 11 is 0. The Hall–Kier alpha value is -0.670. The van der Waals surface area contributed by atoms with Crippen LogP contribution in [0.15, 0.2) is 11.1 Å². The molecule has 1 fully saturated rings. The van der Waals surface area contributed by atoms with Crippen LogP contribution in [0, 0.1) is 5.41 Å². The summed E-state index contributed by atoms with van der Waals surface area (Å²) in [6.07, 6.45) is 2.14. The predicted molar refractivity (Wildman–Crippen MR) is 65.7 cm³/mol. The van der Waals surface area contributed by atoms with Crippen LogP contribution >= 0.6 is 0 Å². The highest BCUT2D eigenvalue weighted by atomic mass is 16.5. The van der Waals surface area contributed by atoms with E-state index in [0.29, 0.717) is 6.42 Å². The highest BCUT2D eigenvalue weighted by Gasteiger charge is 2.44. The maximum Gasteiger partial charge on any atom is 0.164 e. The molecule has 1 atom stereocenters. The summed E-state index contributed by atoms with van der Waals surface area (Å²) in [5.41, 5.74) is 1.19. The maximum absolute atomic E-state index is 12.3. The van der Waals surface area contributed by atoms with Crippen LogP contribution in [0.1, 0.15) is 47.0 Å². The van der Waals surface area contributed by atoms with Crippen LogP contribution < -0.4 is 0 Å². The summed E-state index contributed by atoms with van der Waals surface area (Å²) in [6, 6.07) is 0. The van der Waals surface area contributed by atoms with Gasteiger partial charge < -0.3 is 9.84 Å². The molecule has 17 heavy (non-hydrogen) atoms. The Bertz CT molecular complexity index is 377. The molecule has 0 spiro atoms. The first-order chi connectivity index (χ1) is 7.77. The molecule has 1 aliphatic heterocycles. The molecule has 0 aromatic rings. The van der Waals surface area contributed by atoms with Gasteiger partial charge in [0.15, 0.2) is 5.78 Å². The van der Waals surface area contributed by atoms with Gasteiger partial charge in [-0.3, -0.25) is 4.79 Å². The molecule has 96 valence electrons. The van der Waals surface area contributed by atoms with Gasteiger partial charge in [-0.15, -0.1) is 0 Å². The molecule has 1 N–H and O–H groups in total. The largest absolute Gasteiger partial charge is 0.392 e. The summed E-state index contributed by atoms with van der Waals surface area (Å²) in [5, 5.41) is 9.55. The molecule has 2 aliphatic rings. The van der Waals surface area contributed by atoms with E-state index in [1.807, 2.05) is 13.8 Å². The fourth-order valence-electron chi connectivity index (χ4n) is 3.02. The van der Waals surface area contributed by atoms with E-state index in [0.717, 1.165) is 24.0 Å². The van der Waals surface area contributed by atoms with E-state index in [1.165, 1.54) is 0 Å². The van der Waals surface area contributed by atoms with Gasteiger partial charge in [0.2, 0.25) is 0 Å². The molecule has 0 aromatic heterocycles. The maximum atomic E-state index is 12.3. The predicted octanol–water partition coefficient (Wildman–Crippen LogP) is 2.23. The van der Waals surface area contributed by atoms with E-state index in [-0.39, 0.29) is 29.5 Å². The molecule has 1 saturated heterocycles. The first-order valence-corrected chi connectivity index (χ1v) is 6.32. The fourth-order valence-corrected chi connectivity index (χ4v) is 3.02. The number of aliphatic hydroxyl groups excluding tert-OH is 1. The van der Waals surface area contributed by atoms with Gasteiger partial charge in [0.05, 0.1) is 18.3 Å². The number of ketones is 1. The van der Waals surface area contributed by atoms with E-state index < -0.39 is 0 Å². The van der Waals surface area contributed by atoms with Crippen molar-refractivity contribution in [1.82, 2.24) is 0 Å². The van der Waals surface area contributed by atoms with E-state index >= 15 is 0 Å². The number of hydrogen-bond acceptors (Lipinski definition) is 3. The van der Waals surface area contributed by atoms with Crippen LogP contribution in [-0.4, -0.2) is 29.2 Å². The Morgan fingerprint density at radius 1 is 1.35 bits per heavy atom. The zero-order valence-corrected chi connectivity index (χ0v) is 11.2. The number of carbonyl (C=O) groups excluding carboxylic acids is 1. The number of ether oxygens (including phenoxy) is 1. The van der Waals surface area contributed by atoms with Crippen molar-refractivity contribution in [3.8, 4) is 0 Å². The van der Waals surface area contributed by atoms with Gasteiger partial charge in [-0.25, -0.2) is 0 Å². The van der Waals surface area contributed by atoms with Crippen molar-refractivity contribution >= 4 is 5.78 Å². The molecule has 0 amide bonds. The third-order valence-corrected chi connectivity index (χ3v) is 4.00. The third kappa shape index (κ3) is 2.18. The summed E-state index contributed by atoms with van der Waals surface area (Å²) in [4.78, 5) is 12.3. The van der Waals surface area contributed by atoms with Crippen LogP contribution in [-0.2, 0) is 9.53 Å². The molecule has 3 heteroatoms. The van der Waals surface area contributed by atoms with Crippen molar-refractivity contribution in [3.63, 3.8) is 0 Å². The molecule has 0 unspecified atom stereocenters. The van der Waals surface area contributed by atoms with Crippen LogP contribution in [0.25, 0.3) is 0 Å². The number of carbonyl (C=O) groups is 1. The Morgan fingerprint density at radius 3 is 2.59 bits per heavy atom. The second kappa shape index (κ2) is 3.92. The third-order valence-electron chi connectivity index (χ3n) is 4.00. The molecule has 1 heterocycles. The van der Waals surface area contributed by atoms with Gasteiger partial charge in [0.25, 0.3) is 0 Å². The zero-order valence-electron chi connectivity index (χ0n) is 11.2. The number of fused-ring (bicyclic) bond motifs is 1. The number of aliphatic hydroxyl groups is 1. The number of Topliss-reactive ketones (excluding diaryl/α,β-unsaturated/α-hetero) is 1. The lowest BCUT2D eigenvalue weighted by molar-refractivity contribution is -0.139. The molecule has 1 aliphatic carbocycles. The van der Waals surface area contributed by atoms with Gasteiger partial charge in [-0.2, -0.15) is 0 Å². The fraction of sp³-hybridized carbons (Fsp3) is 0.786. The normalized spacial score (nSPS) is 31.4. The average molecular weight is 238 g/mol. The summed E-state index contributed by atoms with van der Waals surface area (Å²) in [6.45, 7) is 8.07. The van der Waals surface area contributed by atoms with Crippen LogP contribution in [0.2, 0.25) is 0 Å². The number of rotatable bonds is 1. The van der Waals surface area contributed by atoms with Gasteiger partial charge >= 0.3 is 0 Å². The molecule has 0 saturated carbocycles. The minimum Gasteiger partial charge on any atom is -0.392 e. The van der Waals surface area contributed by atoms with E-state index in [1.54, 1.807) is 0 Å². The van der Waals surface area contributed by atoms with E-state index in [4.69, 9.17) is 4.74 Å². The van der Waals surface area contributed by atoms with Crippen molar-refractivity contribution in [1.29, 1.82) is 0 Å². The molecule has 0 aromatic carbocycles. The smallest absolute Gasteiger partial charge is 0.164 e. The summed E-state index contributed by atoms with van der Waals surface area (Å²) < 4.78 is 5.98. The van der Waals surface area contributed by atoms with E-state index in [9.17, 15) is 9.90 Å². The topological polar surface area (TPSA) is 46.5 Å². The molecule has 0 bridgehead atoms. The van der Waals surface area contributed by atoms with Crippen LogP contribution in [0.3, 0.4) is 0 Å². The van der Waals surface area contributed by atoms with Crippen molar-refractivity contribution in [2.45, 2.75) is 58.7 Å². The van der Waals surface area contributed by atoms with Crippen molar-refractivity contribution < 1.29 is 14.6 Å². The lowest BCUT2D eigenvalue weighted by Crippen LogP contribution is -2.46. The molecular weight excluding hydrogens is 216 g/mol. The second-order valence-corrected chi connectivity index (χ2v) is 6.44. The lowest BCUT2D eigenvalue weighted by atomic mass is 9.69. The SMILES string of the molecule is CC1(C)CC(=O)C2=C(CO)C(C)(C)CC[C@H]2O1. The van der Waals surface area contributed by atoms with Crippen molar-refractivity contribution in [3.05, 3.63) is 11.1 Å². The second-order valence-electron chi connectivity index (χ2n) is 6.44. The first-order valence-electron chi connectivity index (χ1n) is 6.32. The summed E-state index contributed by atoms with van der Waals surface area (Å²) in [7, 11) is 0. The first kappa shape index (κ1) is 12.8. The molecule has 2 rings (SSSR count). The highest BCUT2D eigenvalue weighted by Crippen LogP contribution is 2.45. The van der Waals surface area contributed by atoms with Crippen molar-refractivity contribution in [2.24, 2.45) is 5.41 Å². The standard InChI is InChI=1S/C14H22O3/c1-13(2)6-5-11-12(9(13)8-15)10(16)7-14(3,4)17-11/h11,15H,5-8H2,1-4H3/t11-/m1/s1. The van der Waals surface area contributed by atoms with Gasteiger partial charge in [-0.05, 0) is 37.7 Å². The van der Waals surface area contributed by atoms with Crippen LogP contribution in [0.4, 0.5) is 0 Å². The Balaban J connectivity index is 2.45. The van der Waals surface area contributed by atoms with Crippen LogP contribution in [0.5, 0.6) is 0 Å². The average Bonchev–Trinajstić information content (AvgIpc) is 2.17. The van der Waals surface area contributed by atoms with Gasteiger partial charge in [0, 0.05) is 12.0 Å². The Kier molecular flexibility index (Phi) is 2.95. The monoisotopic (exact) mass is 238 g/mol. The molecule has 0 radical (unpaired) electrons. The number of hydrogen-bond donors (Lipinski definition) is 1. The highest BCUT2D eigenvalue weighted by molar-refractivity contribution is 5.98. The minimum atomic E-state index is -0.368. The van der Waals surface area contributed by atoms with Gasteiger partial charge in [0.1, 0.15) is 0 Å². The molecular formula is C14H22O3. The zero-order chi connectivity index (χ0) is 12.8. The summed E-state index contributed by atoms with van der Waals surface area (Å²) in [5.74, 6) is 0.156. The Labute approximate surface area is 103 Å². The van der Waals surface area contributed by atoms with Crippen molar-refractivity contribution in [2.75, 3.05) is 6.61 Å². The van der Waals surface area contributed by atoms with Gasteiger partial charge in [-0.1, -0.05) is 13.8 Å². The van der Waals surface area contributed by atoms with E-state index in [2.05, 4.69) is 13.8 Å².